The van der Waals surface area contributed by atoms with Gasteiger partial charge in [-0.15, -0.1) is 0 Å². The third kappa shape index (κ3) is 5.40. The lowest BCUT2D eigenvalue weighted by atomic mass is 10.3. The largest absolute Gasteiger partial charge is 0.491 e. The molecule has 0 heterocycles. The molecule has 0 aliphatic heterocycles. The van der Waals surface area contributed by atoms with Gasteiger partial charge in [-0.25, -0.2) is 8.42 Å². The number of benzene rings is 1. The van der Waals surface area contributed by atoms with Gasteiger partial charge in [-0.1, -0.05) is 25.5 Å². The van der Waals surface area contributed by atoms with Gasteiger partial charge in [0.2, 0.25) is 0 Å². The topological polar surface area (TPSA) is 69.4 Å². The third-order valence-electron chi connectivity index (χ3n) is 2.59. The summed E-state index contributed by atoms with van der Waals surface area (Å²) in [6, 6.07) is 7.20. The Morgan fingerprint density at radius 2 is 1.83 bits per heavy atom. The van der Waals surface area contributed by atoms with Crippen molar-refractivity contribution in [2.24, 2.45) is 0 Å². The van der Waals surface area contributed by atoms with Crippen molar-refractivity contribution in [1.82, 2.24) is 0 Å². The van der Waals surface area contributed by atoms with Gasteiger partial charge >= 0.3 is 0 Å². The van der Waals surface area contributed by atoms with Crippen LogP contribution in [0.2, 0.25) is 0 Å². The van der Waals surface area contributed by atoms with Crippen LogP contribution >= 0.6 is 0 Å². The Morgan fingerprint density at radius 1 is 1.17 bits per heavy atom. The van der Waals surface area contributed by atoms with Crippen LogP contribution in [0.25, 0.3) is 0 Å². The standard InChI is InChI=1S/C13H21NO3S/c1-2-3-10-18(15,16)11-6-9-17-13-8-5-4-7-12(13)14/h4-5,7-8H,2-3,6,9-11,14H2,1H3. The molecule has 0 aliphatic carbocycles. The van der Waals surface area contributed by atoms with Crippen LogP contribution in [0.1, 0.15) is 26.2 Å². The summed E-state index contributed by atoms with van der Waals surface area (Å²) >= 11 is 0. The van der Waals surface area contributed by atoms with E-state index in [4.69, 9.17) is 10.5 Å². The first-order valence-electron chi connectivity index (χ1n) is 6.23. The molecule has 1 aromatic rings. The van der Waals surface area contributed by atoms with Crippen molar-refractivity contribution in [1.29, 1.82) is 0 Å². The summed E-state index contributed by atoms with van der Waals surface area (Å²) in [5.41, 5.74) is 6.29. The highest BCUT2D eigenvalue weighted by molar-refractivity contribution is 7.91. The monoisotopic (exact) mass is 271 g/mol. The molecule has 0 radical (unpaired) electrons. The zero-order chi connectivity index (χ0) is 13.4. The summed E-state index contributed by atoms with van der Waals surface area (Å²) in [6.07, 6.45) is 2.13. The molecule has 2 N–H and O–H groups in total. The number of rotatable bonds is 8. The number of hydrogen-bond donors (Lipinski definition) is 1. The van der Waals surface area contributed by atoms with Crippen LogP contribution in [-0.4, -0.2) is 26.5 Å². The summed E-state index contributed by atoms with van der Waals surface area (Å²) in [5.74, 6) is 1.07. The van der Waals surface area contributed by atoms with Gasteiger partial charge in [0.15, 0.2) is 0 Å². The minimum Gasteiger partial charge on any atom is -0.491 e. The van der Waals surface area contributed by atoms with Crippen LogP contribution in [0.5, 0.6) is 5.75 Å². The quantitative estimate of drug-likeness (QED) is 0.581. The van der Waals surface area contributed by atoms with Crippen molar-refractivity contribution in [3.63, 3.8) is 0 Å². The molecule has 0 aliphatic rings. The first-order chi connectivity index (χ1) is 8.55. The van der Waals surface area contributed by atoms with Gasteiger partial charge < -0.3 is 10.5 Å². The van der Waals surface area contributed by atoms with Gasteiger partial charge in [0.1, 0.15) is 15.6 Å². The lowest BCUT2D eigenvalue weighted by Crippen LogP contribution is -2.13. The summed E-state index contributed by atoms with van der Waals surface area (Å²) < 4.78 is 28.6. The van der Waals surface area contributed by atoms with E-state index in [1.54, 1.807) is 12.1 Å². The number of para-hydroxylation sites is 2. The van der Waals surface area contributed by atoms with E-state index in [2.05, 4.69) is 0 Å². The molecule has 5 heteroatoms. The lowest BCUT2D eigenvalue weighted by Gasteiger charge is -2.08. The van der Waals surface area contributed by atoms with Crippen molar-refractivity contribution in [3.05, 3.63) is 24.3 Å². The molecule has 0 amide bonds. The number of hydrogen-bond acceptors (Lipinski definition) is 4. The van der Waals surface area contributed by atoms with E-state index in [1.807, 2.05) is 19.1 Å². The molecule has 18 heavy (non-hydrogen) atoms. The second-order valence-corrected chi connectivity index (χ2v) is 6.55. The van der Waals surface area contributed by atoms with Crippen LogP contribution in [0.15, 0.2) is 24.3 Å². The molecule has 4 nitrogen and oxygen atoms in total. The highest BCUT2D eigenvalue weighted by Gasteiger charge is 2.09. The van der Waals surface area contributed by atoms with Crippen LogP contribution < -0.4 is 10.5 Å². The Kier molecular flexibility index (Phi) is 5.98. The van der Waals surface area contributed by atoms with E-state index >= 15 is 0 Å². The van der Waals surface area contributed by atoms with E-state index < -0.39 is 9.84 Å². The molecular weight excluding hydrogens is 250 g/mol. The maximum absolute atomic E-state index is 11.6. The van der Waals surface area contributed by atoms with Crippen LogP contribution in [0, 0.1) is 0 Å². The number of unbranched alkanes of at least 4 members (excludes halogenated alkanes) is 1. The summed E-state index contributed by atoms with van der Waals surface area (Å²) in [6.45, 7) is 2.36. The first kappa shape index (κ1) is 14.8. The van der Waals surface area contributed by atoms with Crippen molar-refractivity contribution in [3.8, 4) is 5.75 Å². The van der Waals surface area contributed by atoms with Gasteiger partial charge in [-0.2, -0.15) is 0 Å². The second kappa shape index (κ2) is 7.26. The molecule has 0 fully saturated rings. The second-order valence-electron chi connectivity index (χ2n) is 4.25. The SMILES string of the molecule is CCCCS(=O)(=O)CCCOc1ccccc1N. The smallest absolute Gasteiger partial charge is 0.150 e. The Morgan fingerprint density at radius 3 is 2.50 bits per heavy atom. The molecule has 102 valence electrons. The molecule has 0 unspecified atom stereocenters. The molecular formula is C13H21NO3S. The van der Waals surface area contributed by atoms with Crippen molar-refractivity contribution in [2.45, 2.75) is 26.2 Å². The molecule has 0 atom stereocenters. The lowest BCUT2D eigenvalue weighted by molar-refractivity contribution is 0.319. The van der Waals surface area contributed by atoms with E-state index in [-0.39, 0.29) is 11.5 Å². The van der Waals surface area contributed by atoms with Gasteiger partial charge in [0, 0.05) is 0 Å². The van der Waals surface area contributed by atoms with E-state index in [0.29, 0.717) is 24.5 Å². The number of sulfone groups is 1. The fourth-order valence-electron chi connectivity index (χ4n) is 1.54. The number of nitrogens with two attached hydrogens (primary N) is 1. The molecule has 0 aromatic heterocycles. The predicted molar refractivity (Wildman–Crippen MR) is 74.5 cm³/mol. The van der Waals surface area contributed by atoms with E-state index in [0.717, 1.165) is 12.8 Å². The average molecular weight is 271 g/mol. The first-order valence-corrected chi connectivity index (χ1v) is 8.05. The number of ether oxygens (including phenoxy) is 1. The van der Waals surface area contributed by atoms with Gasteiger partial charge in [0.05, 0.1) is 23.8 Å². The van der Waals surface area contributed by atoms with Crippen LogP contribution in [0.4, 0.5) is 5.69 Å². The molecule has 1 rings (SSSR count). The Labute approximate surface area is 109 Å². The maximum atomic E-state index is 11.6. The molecule has 1 aromatic carbocycles. The zero-order valence-electron chi connectivity index (χ0n) is 10.8. The maximum Gasteiger partial charge on any atom is 0.150 e. The molecule has 0 spiro atoms. The summed E-state index contributed by atoms with van der Waals surface area (Å²) in [5, 5.41) is 0. The number of nitrogen functional groups attached to an aromatic ring is 1. The summed E-state index contributed by atoms with van der Waals surface area (Å²) in [4.78, 5) is 0. The normalized spacial score (nSPS) is 11.4. The highest BCUT2D eigenvalue weighted by Crippen LogP contribution is 2.19. The Balaban J connectivity index is 2.29. The van der Waals surface area contributed by atoms with Gasteiger partial charge in [-0.05, 0) is 25.0 Å². The van der Waals surface area contributed by atoms with E-state index in [9.17, 15) is 8.42 Å². The Bertz CT molecular complexity index is 457. The fourth-order valence-corrected chi connectivity index (χ4v) is 3.03. The predicted octanol–water partition coefficient (Wildman–Crippen LogP) is 2.25. The Hall–Kier alpha value is -1.23. The average Bonchev–Trinajstić information content (AvgIpc) is 2.34. The molecule has 0 saturated carbocycles. The van der Waals surface area contributed by atoms with Gasteiger partial charge in [0.25, 0.3) is 0 Å². The third-order valence-corrected chi connectivity index (χ3v) is 4.41. The minimum absolute atomic E-state index is 0.180. The highest BCUT2D eigenvalue weighted by atomic mass is 32.2. The van der Waals surface area contributed by atoms with Gasteiger partial charge in [-0.3, -0.25) is 0 Å². The van der Waals surface area contributed by atoms with Crippen molar-refractivity contribution >= 4 is 15.5 Å². The molecule has 0 bridgehead atoms. The summed E-state index contributed by atoms with van der Waals surface area (Å²) in [7, 11) is -2.92. The zero-order valence-corrected chi connectivity index (χ0v) is 11.6. The fraction of sp³-hybridized carbons (Fsp3) is 0.538. The number of anilines is 1. The van der Waals surface area contributed by atoms with Crippen LogP contribution in [0.3, 0.4) is 0 Å². The van der Waals surface area contributed by atoms with E-state index in [1.165, 1.54) is 0 Å². The minimum atomic E-state index is -2.92. The van der Waals surface area contributed by atoms with Crippen molar-refractivity contribution in [2.75, 3.05) is 23.8 Å². The van der Waals surface area contributed by atoms with Crippen LogP contribution in [-0.2, 0) is 9.84 Å². The molecule has 0 saturated heterocycles. The van der Waals surface area contributed by atoms with Crippen molar-refractivity contribution < 1.29 is 13.2 Å².